The van der Waals surface area contributed by atoms with Crippen LogP contribution in [0.3, 0.4) is 0 Å². The Kier molecular flexibility index (Phi) is 5.09. The van der Waals surface area contributed by atoms with E-state index in [2.05, 4.69) is 15.6 Å². The van der Waals surface area contributed by atoms with E-state index >= 15 is 0 Å². The first-order chi connectivity index (χ1) is 8.50. The average Bonchev–Trinajstić information content (AvgIpc) is 2.78. The summed E-state index contributed by atoms with van der Waals surface area (Å²) in [5.41, 5.74) is 0. The van der Waals surface area contributed by atoms with Crippen LogP contribution in [0, 0.1) is 0 Å². The van der Waals surface area contributed by atoms with Gasteiger partial charge < -0.3 is 15.3 Å². The predicted octanol–water partition coefficient (Wildman–Crippen LogP) is -0.217. The highest BCUT2D eigenvalue weighted by atomic mass is 16.4. The molecule has 0 saturated carbocycles. The number of nitrogens with one attached hydrogen (secondary N) is 1. The fourth-order valence-electron chi connectivity index (χ4n) is 1.37. The Morgan fingerprint density at radius 2 is 2.22 bits per heavy atom. The van der Waals surface area contributed by atoms with E-state index in [1.807, 2.05) is 0 Å². The summed E-state index contributed by atoms with van der Waals surface area (Å²) < 4.78 is 1.58. The average molecular weight is 255 g/mol. The van der Waals surface area contributed by atoms with E-state index in [0.717, 1.165) is 0 Å². The Morgan fingerprint density at radius 1 is 1.50 bits per heavy atom. The topological polar surface area (TPSA) is 100 Å². The zero-order valence-electron chi connectivity index (χ0n) is 10.4. The molecule has 0 aliphatic carbocycles. The minimum Gasteiger partial charge on any atom is -0.480 e. The van der Waals surface area contributed by atoms with Crippen molar-refractivity contribution >= 4 is 12.0 Å². The van der Waals surface area contributed by atoms with Crippen LogP contribution in [0.15, 0.2) is 12.4 Å². The van der Waals surface area contributed by atoms with Crippen molar-refractivity contribution in [2.24, 2.45) is 0 Å². The molecule has 0 radical (unpaired) electrons. The van der Waals surface area contributed by atoms with Crippen molar-refractivity contribution in [3.05, 3.63) is 12.4 Å². The number of aliphatic carboxylic acids is 1. The lowest BCUT2D eigenvalue weighted by Crippen LogP contribution is -2.47. The molecule has 1 aromatic heterocycles. The molecule has 0 aliphatic rings. The Hall–Kier alpha value is -2.12. The van der Waals surface area contributed by atoms with Crippen molar-refractivity contribution in [1.82, 2.24) is 25.2 Å². The van der Waals surface area contributed by atoms with Gasteiger partial charge in [0.05, 0.1) is 12.7 Å². The normalized spacial score (nSPS) is 10.4. The van der Waals surface area contributed by atoms with Crippen LogP contribution in [0.5, 0.6) is 0 Å². The summed E-state index contributed by atoms with van der Waals surface area (Å²) in [5.74, 6) is -1.03. The minimum absolute atomic E-state index is 0.174. The third-order valence-electron chi connectivity index (χ3n) is 2.28. The maximum atomic E-state index is 11.8. The summed E-state index contributed by atoms with van der Waals surface area (Å²) in [6.07, 6.45) is 3.23. The number of amides is 2. The van der Waals surface area contributed by atoms with Gasteiger partial charge in [-0.25, -0.2) is 4.79 Å². The third-order valence-corrected chi connectivity index (χ3v) is 2.28. The lowest BCUT2D eigenvalue weighted by atomic mass is 10.3. The van der Waals surface area contributed by atoms with Crippen LogP contribution >= 0.6 is 0 Å². The Labute approximate surface area is 105 Å². The molecule has 100 valence electrons. The molecule has 1 aromatic rings. The molecule has 1 rings (SSSR count). The molecule has 0 saturated heterocycles. The number of urea groups is 1. The number of carboxylic acids is 1. The van der Waals surface area contributed by atoms with Crippen molar-refractivity contribution in [2.75, 3.05) is 13.1 Å². The highest BCUT2D eigenvalue weighted by Gasteiger charge is 2.19. The third kappa shape index (κ3) is 4.40. The lowest BCUT2D eigenvalue weighted by Gasteiger charge is -2.25. The van der Waals surface area contributed by atoms with Crippen LogP contribution in [0.4, 0.5) is 4.79 Å². The fourth-order valence-corrected chi connectivity index (χ4v) is 1.37. The van der Waals surface area contributed by atoms with Gasteiger partial charge in [-0.1, -0.05) is 5.21 Å². The number of hydrogen-bond donors (Lipinski definition) is 2. The van der Waals surface area contributed by atoms with Crippen LogP contribution in [-0.4, -0.2) is 56.1 Å². The van der Waals surface area contributed by atoms with E-state index in [1.54, 1.807) is 30.9 Å². The van der Waals surface area contributed by atoms with Gasteiger partial charge in [-0.2, -0.15) is 0 Å². The number of carbonyl (C=O) groups is 2. The molecule has 8 heteroatoms. The molecule has 0 unspecified atom stereocenters. The van der Waals surface area contributed by atoms with Gasteiger partial charge in [-0.05, 0) is 13.8 Å². The Morgan fingerprint density at radius 3 is 2.72 bits per heavy atom. The first-order valence-electron chi connectivity index (χ1n) is 5.61. The second-order valence-electron chi connectivity index (χ2n) is 4.01. The fraction of sp³-hybridized carbons (Fsp3) is 0.600. The standard InChI is InChI=1S/C10H17N5O3/c1-8(2)15(7-9(16)17)10(18)11-3-5-14-6-4-12-13-14/h4,6,8H,3,5,7H2,1-2H3,(H,11,18)(H,16,17). The summed E-state index contributed by atoms with van der Waals surface area (Å²) in [7, 11) is 0. The molecule has 0 bridgehead atoms. The summed E-state index contributed by atoms with van der Waals surface area (Å²) >= 11 is 0. The second-order valence-corrected chi connectivity index (χ2v) is 4.01. The van der Waals surface area contributed by atoms with Crippen molar-refractivity contribution in [3.8, 4) is 0 Å². The monoisotopic (exact) mass is 255 g/mol. The van der Waals surface area contributed by atoms with Gasteiger partial charge in [0.2, 0.25) is 0 Å². The quantitative estimate of drug-likeness (QED) is 0.732. The first kappa shape index (κ1) is 13.9. The smallest absolute Gasteiger partial charge is 0.323 e. The predicted molar refractivity (Wildman–Crippen MR) is 62.9 cm³/mol. The molecule has 18 heavy (non-hydrogen) atoms. The second kappa shape index (κ2) is 6.58. The van der Waals surface area contributed by atoms with Gasteiger partial charge in [0.15, 0.2) is 0 Å². The molecule has 0 spiro atoms. The van der Waals surface area contributed by atoms with Crippen LogP contribution in [0.1, 0.15) is 13.8 Å². The summed E-state index contributed by atoms with van der Waals surface area (Å²) in [5, 5.41) is 18.7. The maximum absolute atomic E-state index is 11.8. The van der Waals surface area contributed by atoms with Gasteiger partial charge in [0, 0.05) is 18.8 Å². The molecule has 0 fully saturated rings. The maximum Gasteiger partial charge on any atom is 0.323 e. The number of carbonyl (C=O) groups excluding carboxylic acids is 1. The summed E-state index contributed by atoms with van der Waals surface area (Å²) in [4.78, 5) is 23.6. The number of carboxylic acid groups (broad SMARTS) is 1. The highest BCUT2D eigenvalue weighted by molar-refractivity contribution is 5.80. The van der Waals surface area contributed by atoms with E-state index in [4.69, 9.17) is 5.11 Å². The van der Waals surface area contributed by atoms with E-state index in [0.29, 0.717) is 13.1 Å². The number of hydrogen-bond acceptors (Lipinski definition) is 4. The van der Waals surface area contributed by atoms with E-state index in [9.17, 15) is 9.59 Å². The molecule has 8 nitrogen and oxygen atoms in total. The molecule has 0 aromatic carbocycles. The van der Waals surface area contributed by atoms with Crippen molar-refractivity contribution in [1.29, 1.82) is 0 Å². The molecule has 1 heterocycles. The molecule has 2 amide bonds. The van der Waals surface area contributed by atoms with Crippen LogP contribution in [-0.2, 0) is 11.3 Å². The molecular weight excluding hydrogens is 238 g/mol. The zero-order valence-corrected chi connectivity index (χ0v) is 10.4. The number of rotatable bonds is 6. The Balaban J connectivity index is 2.39. The number of nitrogens with zero attached hydrogens (tertiary/aromatic N) is 4. The highest BCUT2D eigenvalue weighted by Crippen LogP contribution is 1.98. The van der Waals surface area contributed by atoms with Crippen LogP contribution < -0.4 is 5.32 Å². The lowest BCUT2D eigenvalue weighted by molar-refractivity contribution is -0.138. The van der Waals surface area contributed by atoms with E-state index in [1.165, 1.54) is 4.90 Å². The van der Waals surface area contributed by atoms with E-state index < -0.39 is 12.0 Å². The summed E-state index contributed by atoms with van der Waals surface area (Å²) in [6.45, 7) is 4.07. The zero-order chi connectivity index (χ0) is 13.5. The van der Waals surface area contributed by atoms with Gasteiger partial charge in [-0.3, -0.25) is 9.48 Å². The SMILES string of the molecule is CC(C)N(CC(=O)O)C(=O)NCCn1ccnn1. The summed E-state index contributed by atoms with van der Waals surface area (Å²) in [6, 6.07) is -0.569. The Bertz CT molecular complexity index is 390. The molecule has 0 aliphatic heterocycles. The van der Waals surface area contributed by atoms with Crippen molar-refractivity contribution < 1.29 is 14.7 Å². The molecular formula is C10H17N5O3. The van der Waals surface area contributed by atoms with E-state index in [-0.39, 0.29) is 12.6 Å². The van der Waals surface area contributed by atoms with Gasteiger partial charge in [0.25, 0.3) is 0 Å². The molecule has 2 N–H and O–H groups in total. The molecule has 0 atom stereocenters. The van der Waals surface area contributed by atoms with Crippen molar-refractivity contribution in [3.63, 3.8) is 0 Å². The first-order valence-corrected chi connectivity index (χ1v) is 5.61. The van der Waals surface area contributed by atoms with Gasteiger partial charge in [-0.15, -0.1) is 5.10 Å². The van der Waals surface area contributed by atoms with Gasteiger partial charge >= 0.3 is 12.0 Å². The minimum atomic E-state index is -1.03. The van der Waals surface area contributed by atoms with Crippen LogP contribution in [0.2, 0.25) is 0 Å². The van der Waals surface area contributed by atoms with Gasteiger partial charge in [0.1, 0.15) is 6.54 Å². The van der Waals surface area contributed by atoms with Crippen molar-refractivity contribution in [2.45, 2.75) is 26.4 Å². The van der Waals surface area contributed by atoms with Crippen LogP contribution in [0.25, 0.3) is 0 Å². The number of aromatic nitrogens is 3. The largest absolute Gasteiger partial charge is 0.480 e.